The van der Waals surface area contributed by atoms with E-state index in [9.17, 15) is 13.5 Å². The van der Waals surface area contributed by atoms with E-state index in [0.29, 0.717) is 5.56 Å². The highest BCUT2D eigenvalue weighted by atomic mass is 35.7. The number of phenolic OH excluding ortho intramolecular Hbond substituents is 1. The van der Waals surface area contributed by atoms with Crippen molar-refractivity contribution in [3.05, 3.63) is 22.2 Å². The number of methoxy groups -OCH3 is 1. The third kappa shape index (κ3) is 2.93. The van der Waals surface area contributed by atoms with Gasteiger partial charge in [-0.25, -0.2) is 8.42 Å². The molecule has 0 aliphatic rings. The summed E-state index contributed by atoms with van der Waals surface area (Å²) in [6, 6.07) is 1.52. The standard InChI is InChI=1S/C9H10Cl2O4S/c1-5-3-7(15-2)9(12)6(8(5)10)4-16(11,13)14/h3,12H,4H2,1-2H3. The molecule has 16 heavy (non-hydrogen) atoms. The highest BCUT2D eigenvalue weighted by Crippen LogP contribution is 2.38. The zero-order valence-electron chi connectivity index (χ0n) is 8.62. The Bertz CT molecular complexity index is 511. The molecule has 0 atom stereocenters. The second-order valence-corrected chi connectivity index (χ2v) is 6.37. The smallest absolute Gasteiger partial charge is 0.236 e. The number of rotatable bonds is 3. The molecule has 0 saturated carbocycles. The average Bonchev–Trinajstić information content (AvgIpc) is 2.17. The summed E-state index contributed by atoms with van der Waals surface area (Å²) in [4.78, 5) is 0. The Kier molecular flexibility index (Phi) is 3.93. The van der Waals surface area contributed by atoms with E-state index in [1.165, 1.54) is 13.2 Å². The van der Waals surface area contributed by atoms with Crippen molar-refractivity contribution in [2.24, 2.45) is 0 Å². The summed E-state index contributed by atoms with van der Waals surface area (Å²) in [6.07, 6.45) is 0. The van der Waals surface area contributed by atoms with Gasteiger partial charge in [0, 0.05) is 16.2 Å². The molecular weight excluding hydrogens is 275 g/mol. The molecule has 0 unspecified atom stereocenters. The maximum atomic E-state index is 11.0. The lowest BCUT2D eigenvalue weighted by atomic mass is 10.1. The fourth-order valence-corrected chi connectivity index (χ4v) is 2.52. The van der Waals surface area contributed by atoms with Crippen molar-refractivity contribution in [2.45, 2.75) is 12.7 Å². The Labute approximate surface area is 103 Å². The first-order chi connectivity index (χ1) is 7.26. The Balaban J connectivity index is 3.42. The minimum Gasteiger partial charge on any atom is -0.504 e. The van der Waals surface area contributed by atoms with Crippen LogP contribution in [0.1, 0.15) is 11.1 Å². The summed E-state index contributed by atoms with van der Waals surface area (Å²) >= 11 is 5.89. The predicted octanol–water partition coefficient (Wildman–Crippen LogP) is 2.43. The number of hydrogen-bond acceptors (Lipinski definition) is 4. The third-order valence-electron chi connectivity index (χ3n) is 2.01. The van der Waals surface area contributed by atoms with Crippen LogP contribution in [0.3, 0.4) is 0 Å². The molecule has 0 bridgehead atoms. The third-order valence-corrected chi connectivity index (χ3v) is 3.50. The van der Waals surface area contributed by atoms with Gasteiger partial charge in [-0.2, -0.15) is 0 Å². The summed E-state index contributed by atoms with van der Waals surface area (Å²) < 4.78 is 26.8. The molecule has 0 fully saturated rings. The Morgan fingerprint density at radius 3 is 2.50 bits per heavy atom. The van der Waals surface area contributed by atoms with Crippen LogP contribution < -0.4 is 4.74 Å². The van der Waals surface area contributed by atoms with Crippen LogP contribution in [0.4, 0.5) is 0 Å². The van der Waals surface area contributed by atoms with Crippen molar-refractivity contribution in [1.29, 1.82) is 0 Å². The fraction of sp³-hybridized carbons (Fsp3) is 0.333. The first kappa shape index (κ1) is 13.4. The largest absolute Gasteiger partial charge is 0.504 e. The van der Waals surface area contributed by atoms with E-state index in [4.69, 9.17) is 27.0 Å². The monoisotopic (exact) mass is 284 g/mol. The zero-order chi connectivity index (χ0) is 12.5. The van der Waals surface area contributed by atoms with Crippen molar-refractivity contribution in [3.63, 3.8) is 0 Å². The summed E-state index contributed by atoms with van der Waals surface area (Å²) in [5.41, 5.74) is 0.653. The first-order valence-electron chi connectivity index (χ1n) is 4.23. The molecule has 90 valence electrons. The number of halogens is 2. The van der Waals surface area contributed by atoms with E-state index < -0.39 is 14.8 Å². The molecule has 0 aliphatic heterocycles. The maximum Gasteiger partial charge on any atom is 0.236 e. The SMILES string of the molecule is COc1cc(C)c(Cl)c(CS(=O)(=O)Cl)c1O. The van der Waals surface area contributed by atoms with Crippen molar-refractivity contribution < 1.29 is 18.3 Å². The number of hydrogen-bond donors (Lipinski definition) is 1. The number of phenols is 1. The number of aromatic hydroxyl groups is 1. The van der Waals surface area contributed by atoms with Gasteiger partial charge >= 0.3 is 0 Å². The highest BCUT2D eigenvalue weighted by Gasteiger charge is 2.19. The molecular formula is C9H10Cl2O4S. The van der Waals surface area contributed by atoms with Crippen molar-refractivity contribution in [1.82, 2.24) is 0 Å². The summed E-state index contributed by atoms with van der Waals surface area (Å²) in [5.74, 6) is -0.684. The summed E-state index contributed by atoms with van der Waals surface area (Å²) in [5, 5.41) is 9.89. The van der Waals surface area contributed by atoms with Crippen LogP contribution in [-0.2, 0) is 14.8 Å². The second kappa shape index (κ2) is 4.69. The molecule has 0 saturated heterocycles. The molecule has 0 spiro atoms. The van der Waals surface area contributed by atoms with Gasteiger partial charge in [0.25, 0.3) is 0 Å². The highest BCUT2D eigenvalue weighted by molar-refractivity contribution is 8.13. The molecule has 4 nitrogen and oxygen atoms in total. The topological polar surface area (TPSA) is 63.6 Å². The summed E-state index contributed by atoms with van der Waals surface area (Å²) in [6.45, 7) is 1.68. The van der Waals surface area contributed by atoms with Crippen molar-refractivity contribution in [2.75, 3.05) is 7.11 Å². The predicted molar refractivity (Wildman–Crippen MR) is 62.9 cm³/mol. The molecule has 0 aliphatic carbocycles. The number of benzene rings is 1. The maximum absolute atomic E-state index is 11.0. The van der Waals surface area contributed by atoms with Crippen molar-refractivity contribution in [3.8, 4) is 11.5 Å². The van der Waals surface area contributed by atoms with Crippen LogP contribution >= 0.6 is 22.3 Å². The molecule has 7 heteroatoms. The first-order valence-corrected chi connectivity index (χ1v) is 7.09. The van der Waals surface area contributed by atoms with Crippen molar-refractivity contribution >= 4 is 31.3 Å². The molecule has 1 N–H and O–H groups in total. The molecule has 0 heterocycles. The van der Waals surface area contributed by atoms with Gasteiger partial charge in [-0.3, -0.25) is 0 Å². The van der Waals surface area contributed by atoms with Gasteiger partial charge in [-0.1, -0.05) is 11.6 Å². The quantitative estimate of drug-likeness (QED) is 0.866. The minimum absolute atomic E-state index is 0.0496. The zero-order valence-corrected chi connectivity index (χ0v) is 10.9. The molecule has 0 amide bonds. The van der Waals surface area contributed by atoms with Gasteiger partial charge in [0.15, 0.2) is 11.5 Å². The van der Waals surface area contributed by atoms with Crippen LogP contribution in [0.15, 0.2) is 6.07 Å². The molecule has 0 radical (unpaired) electrons. The van der Waals surface area contributed by atoms with E-state index in [1.54, 1.807) is 6.92 Å². The van der Waals surface area contributed by atoms with Gasteiger partial charge in [0.05, 0.1) is 17.9 Å². The lowest BCUT2D eigenvalue weighted by Crippen LogP contribution is -1.99. The normalized spacial score (nSPS) is 11.5. The minimum atomic E-state index is -3.79. The average molecular weight is 285 g/mol. The van der Waals surface area contributed by atoms with Crippen LogP contribution in [0.5, 0.6) is 11.5 Å². The fourth-order valence-electron chi connectivity index (χ4n) is 1.28. The molecule has 1 aromatic carbocycles. The molecule has 0 aromatic heterocycles. The van der Waals surface area contributed by atoms with Gasteiger partial charge in [-0.05, 0) is 18.6 Å². The molecule has 1 aromatic rings. The van der Waals surface area contributed by atoms with E-state index in [2.05, 4.69) is 0 Å². The van der Waals surface area contributed by atoms with Gasteiger partial charge in [0.1, 0.15) is 0 Å². The second-order valence-electron chi connectivity index (χ2n) is 3.22. The number of ether oxygens (including phenoxy) is 1. The van der Waals surface area contributed by atoms with E-state index in [0.717, 1.165) is 0 Å². The van der Waals surface area contributed by atoms with Crippen LogP contribution in [0.2, 0.25) is 5.02 Å². The van der Waals surface area contributed by atoms with Gasteiger partial charge in [-0.15, -0.1) is 0 Å². The summed E-state index contributed by atoms with van der Waals surface area (Å²) in [7, 11) is 2.69. The Morgan fingerprint density at radius 2 is 2.06 bits per heavy atom. The van der Waals surface area contributed by atoms with E-state index in [-0.39, 0.29) is 22.1 Å². The molecule has 1 rings (SSSR count). The van der Waals surface area contributed by atoms with Crippen LogP contribution in [0.25, 0.3) is 0 Å². The van der Waals surface area contributed by atoms with Crippen LogP contribution in [-0.4, -0.2) is 20.6 Å². The number of aryl methyl sites for hydroxylation is 1. The van der Waals surface area contributed by atoms with E-state index >= 15 is 0 Å². The van der Waals surface area contributed by atoms with Crippen LogP contribution in [0, 0.1) is 6.92 Å². The van der Waals surface area contributed by atoms with Gasteiger partial charge < -0.3 is 9.84 Å². The van der Waals surface area contributed by atoms with Gasteiger partial charge in [0.2, 0.25) is 9.05 Å². The Hall–Kier alpha value is -0.650. The van der Waals surface area contributed by atoms with E-state index in [1.807, 2.05) is 0 Å². The lowest BCUT2D eigenvalue weighted by molar-refractivity contribution is 0.371. The lowest BCUT2D eigenvalue weighted by Gasteiger charge is -2.12. The Morgan fingerprint density at radius 1 is 1.50 bits per heavy atom.